The van der Waals surface area contributed by atoms with Crippen molar-refractivity contribution in [3.63, 3.8) is 0 Å². The van der Waals surface area contributed by atoms with E-state index in [2.05, 4.69) is 28.5 Å². The molecule has 1 saturated heterocycles. The van der Waals surface area contributed by atoms with Gasteiger partial charge in [-0.25, -0.2) is 8.42 Å². The fourth-order valence-corrected chi connectivity index (χ4v) is 6.43. The molecule has 0 amide bonds. The number of hydrogen-bond donors (Lipinski definition) is 1. The number of allylic oxidation sites excluding steroid dienone is 2. The van der Waals surface area contributed by atoms with E-state index in [-0.39, 0.29) is 12.0 Å². The van der Waals surface area contributed by atoms with Crippen LogP contribution in [0.5, 0.6) is 0 Å². The van der Waals surface area contributed by atoms with Gasteiger partial charge >= 0.3 is 0 Å². The quantitative estimate of drug-likeness (QED) is 0.796. The zero-order valence-electron chi connectivity index (χ0n) is 15.8. The second-order valence-corrected chi connectivity index (χ2v) is 9.91. The topological polar surface area (TPSA) is 62.3 Å². The molecule has 146 valence electrons. The largest absolute Gasteiger partial charge is 0.378 e. The molecule has 2 aromatic rings. The van der Waals surface area contributed by atoms with Crippen LogP contribution in [0.25, 0.3) is 0 Å². The van der Waals surface area contributed by atoms with Gasteiger partial charge in [0.15, 0.2) is 0 Å². The molecule has 1 aromatic carbocycles. The molecule has 1 aromatic heterocycles. The second kappa shape index (κ2) is 7.01. The molecule has 0 bridgehead atoms. The number of pyridine rings is 1. The van der Waals surface area contributed by atoms with E-state index in [9.17, 15) is 8.42 Å². The van der Waals surface area contributed by atoms with Crippen LogP contribution in [0.3, 0.4) is 0 Å². The lowest BCUT2D eigenvalue weighted by Crippen LogP contribution is -2.36. The van der Waals surface area contributed by atoms with Crippen LogP contribution in [-0.4, -0.2) is 30.8 Å². The average Bonchev–Trinajstić information content (AvgIpc) is 3.24. The molecule has 1 fully saturated rings. The van der Waals surface area contributed by atoms with Crippen molar-refractivity contribution >= 4 is 15.7 Å². The summed E-state index contributed by atoms with van der Waals surface area (Å²) in [5.74, 6) is 0.614. The normalized spacial score (nSPS) is 27.1. The number of piperidine rings is 1. The molecule has 0 spiro atoms. The summed E-state index contributed by atoms with van der Waals surface area (Å²) in [5.41, 5.74) is 3.30. The lowest BCUT2D eigenvalue weighted by Gasteiger charge is -2.37. The van der Waals surface area contributed by atoms with Gasteiger partial charge in [-0.1, -0.05) is 24.6 Å². The number of sulfonamides is 1. The Hall–Kier alpha value is -2.18. The zero-order valence-corrected chi connectivity index (χ0v) is 16.6. The molecule has 3 atom stereocenters. The smallest absolute Gasteiger partial charge is 0.243 e. The molecule has 6 heteroatoms. The Morgan fingerprint density at radius 2 is 1.96 bits per heavy atom. The van der Waals surface area contributed by atoms with Crippen molar-refractivity contribution < 1.29 is 8.42 Å². The first kappa shape index (κ1) is 17.9. The van der Waals surface area contributed by atoms with Crippen LogP contribution in [0.2, 0.25) is 0 Å². The third-order valence-electron chi connectivity index (χ3n) is 6.33. The number of aromatic nitrogens is 1. The van der Waals surface area contributed by atoms with Crippen LogP contribution in [-0.2, 0) is 10.0 Å². The number of hydrogen-bond acceptors (Lipinski definition) is 4. The SMILES string of the molecule is O=S(=O)(c1ccc2c(c1)C1C=CCC1C(c1cccnc1)N2)N1CCCCC1. The van der Waals surface area contributed by atoms with Gasteiger partial charge in [-0.2, -0.15) is 4.31 Å². The maximum Gasteiger partial charge on any atom is 0.243 e. The average molecular weight is 396 g/mol. The number of rotatable bonds is 3. The lowest BCUT2D eigenvalue weighted by molar-refractivity contribution is 0.346. The number of nitrogens with one attached hydrogen (secondary N) is 1. The maximum atomic E-state index is 13.1. The predicted octanol–water partition coefficient (Wildman–Crippen LogP) is 4.08. The highest BCUT2D eigenvalue weighted by Gasteiger charge is 2.39. The Kier molecular flexibility index (Phi) is 4.48. The van der Waals surface area contributed by atoms with Gasteiger partial charge in [0, 0.05) is 37.1 Å². The molecule has 3 heterocycles. The highest BCUT2D eigenvalue weighted by atomic mass is 32.2. The van der Waals surface area contributed by atoms with Gasteiger partial charge in [0.1, 0.15) is 0 Å². The van der Waals surface area contributed by atoms with E-state index in [1.165, 1.54) is 5.56 Å². The predicted molar refractivity (Wildman–Crippen MR) is 110 cm³/mol. The van der Waals surface area contributed by atoms with E-state index in [1.54, 1.807) is 16.6 Å². The highest BCUT2D eigenvalue weighted by molar-refractivity contribution is 7.89. The van der Waals surface area contributed by atoms with Crippen molar-refractivity contribution in [3.8, 4) is 0 Å². The van der Waals surface area contributed by atoms with Crippen molar-refractivity contribution in [2.75, 3.05) is 18.4 Å². The number of fused-ring (bicyclic) bond motifs is 3. The minimum atomic E-state index is -3.42. The Morgan fingerprint density at radius 3 is 2.75 bits per heavy atom. The molecule has 3 aliphatic rings. The summed E-state index contributed by atoms with van der Waals surface area (Å²) in [4.78, 5) is 4.71. The van der Waals surface area contributed by atoms with Gasteiger partial charge in [0.25, 0.3) is 0 Å². The minimum Gasteiger partial charge on any atom is -0.378 e. The molecule has 1 aliphatic carbocycles. The summed E-state index contributed by atoms with van der Waals surface area (Å²) in [5, 5.41) is 3.65. The van der Waals surface area contributed by atoms with E-state index in [0.29, 0.717) is 23.9 Å². The van der Waals surface area contributed by atoms with Crippen molar-refractivity contribution in [3.05, 3.63) is 66.0 Å². The molecule has 1 N–H and O–H groups in total. The Morgan fingerprint density at radius 1 is 1.11 bits per heavy atom. The summed E-state index contributed by atoms with van der Waals surface area (Å²) < 4.78 is 27.9. The van der Waals surface area contributed by atoms with E-state index < -0.39 is 10.0 Å². The number of benzene rings is 1. The first-order chi connectivity index (χ1) is 13.6. The molecule has 0 saturated carbocycles. The molecular formula is C22H25N3O2S. The number of nitrogens with zero attached hydrogens (tertiary/aromatic N) is 2. The first-order valence-electron chi connectivity index (χ1n) is 10.1. The van der Waals surface area contributed by atoms with Crippen LogP contribution in [0.15, 0.2) is 59.8 Å². The molecule has 2 aliphatic heterocycles. The number of anilines is 1. The van der Waals surface area contributed by atoms with E-state index >= 15 is 0 Å². The molecule has 0 radical (unpaired) electrons. The van der Waals surface area contributed by atoms with Gasteiger partial charge in [-0.15, -0.1) is 0 Å². The van der Waals surface area contributed by atoms with Crippen molar-refractivity contribution in [1.29, 1.82) is 0 Å². The fraction of sp³-hybridized carbons (Fsp3) is 0.409. The third-order valence-corrected chi connectivity index (χ3v) is 8.23. The van der Waals surface area contributed by atoms with Crippen LogP contribution in [0.1, 0.15) is 48.8 Å². The minimum absolute atomic E-state index is 0.186. The van der Waals surface area contributed by atoms with Crippen LogP contribution >= 0.6 is 0 Å². The third kappa shape index (κ3) is 2.95. The molecule has 28 heavy (non-hydrogen) atoms. The van der Waals surface area contributed by atoms with Crippen molar-refractivity contribution in [2.45, 2.75) is 42.5 Å². The van der Waals surface area contributed by atoms with E-state index in [0.717, 1.165) is 36.9 Å². The standard InChI is InChI=1S/C22H25N3O2S/c26-28(27,25-12-2-1-3-13-25)17-9-10-21-20(14-17)18-7-4-8-19(18)22(24-21)16-6-5-11-23-15-16/h4-7,9-11,14-15,18-19,22,24H,1-3,8,12-13H2. The first-order valence-corrected chi connectivity index (χ1v) is 11.6. The Labute approximate surface area is 166 Å². The summed E-state index contributed by atoms with van der Waals surface area (Å²) in [6.07, 6.45) is 12.2. The monoisotopic (exact) mass is 395 g/mol. The molecule has 5 nitrogen and oxygen atoms in total. The van der Waals surface area contributed by atoms with Gasteiger partial charge in [-0.3, -0.25) is 4.98 Å². The van der Waals surface area contributed by atoms with E-state index in [4.69, 9.17) is 0 Å². The van der Waals surface area contributed by atoms with Crippen molar-refractivity contribution in [1.82, 2.24) is 9.29 Å². The lowest BCUT2D eigenvalue weighted by atomic mass is 9.77. The van der Waals surface area contributed by atoms with Gasteiger partial charge < -0.3 is 5.32 Å². The molecular weight excluding hydrogens is 370 g/mol. The molecule has 3 unspecified atom stereocenters. The maximum absolute atomic E-state index is 13.1. The zero-order chi connectivity index (χ0) is 19.1. The Bertz CT molecular complexity index is 998. The summed E-state index contributed by atoms with van der Waals surface area (Å²) in [7, 11) is -3.42. The van der Waals surface area contributed by atoms with Crippen LogP contribution < -0.4 is 5.32 Å². The van der Waals surface area contributed by atoms with Gasteiger partial charge in [0.2, 0.25) is 10.0 Å². The van der Waals surface area contributed by atoms with Crippen LogP contribution in [0.4, 0.5) is 5.69 Å². The van der Waals surface area contributed by atoms with Gasteiger partial charge in [0.05, 0.1) is 10.9 Å². The second-order valence-electron chi connectivity index (χ2n) is 7.98. The van der Waals surface area contributed by atoms with Crippen LogP contribution in [0, 0.1) is 5.92 Å². The highest BCUT2D eigenvalue weighted by Crippen LogP contribution is 2.50. The summed E-state index contributed by atoms with van der Waals surface area (Å²) in [6, 6.07) is 9.87. The summed E-state index contributed by atoms with van der Waals surface area (Å²) >= 11 is 0. The Balaban J connectivity index is 1.52. The van der Waals surface area contributed by atoms with Gasteiger partial charge in [-0.05, 0) is 60.6 Å². The van der Waals surface area contributed by atoms with Crippen molar-refractivity contribution in [2.24, 2.45) is 5.92 Å². The van der Waals surface area contributed by atoms with E-state index in [1.807, 2.05) is 24.4 Å². The molecule has 5 rings (SSSR count). The summed E-state index contributed by atoms with van der Waals surface area (Å²) in [6.45, 7) is 1.26. The fourth-order valence-electron chi connectivity index (χ4n) is 4.88.